The Labute approximate surface area is 173 Å². The molecule has 7 heteroatoms. The van der Waals surface area contributed by atoms with Crippen LogP contribution in [0.15, 0.2) is 6.20 Å². The number of hydrogen-bond donors (Lipinski definition) is 0. The molecule has 0 spiro atoms. The number of rotatable bonds is 3. The molecule has 0 aliphatic carbocycles. The first kappa shape index (κ1) is 20.3. The second-order valence-electron chi connectivity index (χ2n) is 8.98. The van der Waals surface area contributed by atoms with Crippen molar-refractivity contribution < 1.29 is 9.59 Å². The first-order chi connectivity index (χ1) is 13.9. The quantitative estimate of drug-likeness (QED) is 0.779. The maximum absolute atomic E-state index is 13.1. The van der Waals surface area contributed by atoms with E-state index in [1.165, 1.54) is 0 Å². The molecule has 2 amide bonds. The Morgan fingerprint density at radius 3 is 2.55 bits per heavy atom. The average Bonchev–Trinajstić information content (AvgIpc) is 3.23. The fourth-order valence-corrected chi connectivity index (χ4v) is 5.01. The summed E-state index contributed by atoms with van der Waals surface area (Å²) in [5.41, 5.74) is 2.10. The second kappa shape index (κ2) is 8.38. The van der Waals surface area contributed by atoms with Crippen molar-refractivity contribution in [1.82, 2.24) is 24.7 Å². The molecule has 4 heterocycles. The summed E-state index contributed by atoms with van der Waals surface area (Å²) >= 11 is 0. The molecular formula is C22H33N5O2. The Balaban J connectivity index is 1.40. The highest BCUT2D eigenvalue weighted by Gasteiger charge is 2.33. The largest absolute Gasteiger partial charge is 0.338 e. The van der Waals surface area contributed by atoms with Gasteiger partial charge in [0.15, 0.2) is 5.82 Å². The lowest BCUT2D eigenvalue weighted by Gasteiger charge is -2.37. The molecule has 0 aromatic carbocycles. The molecule has 0 saturated carbocycles. The number of amides is 2. The summed E-state index contributed by atoms with van der Waals surface area (Å²) in [4.78, 5) is 40.7. The summed E-state index contributed by atoms with van der Waals surface area (Å²) in [6.07, 6.45) is 6.50. The highest BCUT2D eigenvalue weighted by atomic mass is 16.2. The van der Waals surface area contributed by atoms with Crippen molar-refractivity contribution in [2.75, 3.05) is 26.2 Å². The van der Waals surface area contributed by atoms with E-state index in [4.69, 9.17) is 4.98 Å². The number of piperidine rings is 1. The molecule has 7 nitrogen and oxygen atoms in total. The summed E-state index contributed by atoms with van der Waals surface area (Å²) in [6, 6.07) is 0.557. The maximum Gasteiger partial charge on any atom is 0.226 e. The van der Waals surface area contributed by atoms with Gasteiger partial charge in [-0.25, -0.2) is 9.97 Å². The third kappa shape index (κ3) is 4.15. The molecule has 1 atom stereocenters. The van der Waals surface area contributed by atoms with Crippen molar-refractivity contribution in [3.63, 3.8) is 0 Å². The van der Waals surface area contributed by atoms with E-state index >= 15 is 0 Å². The summed E-state index contributed by atoms with van der Waals surface area (Å²) in [5, 5.41) is 0. The number of carbonyl (C=O) groups excluding carboxylic acids is 2. The van der Waals surface area contributed by atoms with Gasteiger partial charge in [0.1, 0.15) is 0 Å². The van der Waals surface area contributed by atoms with E-state index in [1.54, 1.807) is 6.92 Å². The van der Waals surface area contributed by atoms with Crippen molar-refractivity contribution >= 4 is 11.8 Å². The van der Waals surface area contributed by atoms with Crippen molar-refractivity contribution in [2.45, 2.75) is 71.5 Å². The van der Waals surface area contributed by atoms with Crippen molar-refractivity contribution in [2.24, 2.45) is 5.92 Å². The van der Waals surface area contributed by atoms with Crippen LogP contribution in [0.1, 0.15) is 69.6 Å². The van der Waals surface area contributed by atoms with Crippen LogP contribution in [0.3, 0.4) is 0 Å². The third-order valence-corrected chi connectivity index (χ3v) is 6.83. The van der Waals surface area contributed by atoms with E-state index in [1.807, 2.05) is 16.0 Å². The van der Waals surface area contributed by atoms with E-state index in [9.17, 15) is 9.59 Å². The fraction of sp³-hybridized carbons (Fsp3) is 0.727. The molecule has 0 radical (unpaired) electrons. The monoisotopic (exact) mass is 399 g/mol. The minimum atomic E-state index is 0.00334. The van der Waals surface area contributed by atoms with Crippen LogP contribution < -0.4 is 0 Å². The first-order valence-corrected chi connectivity index (χ1v) is 11.1. The van der Waals surface area contributed by atoms with Crippen LogP contribution in [0, 0.1) is 5.92 Å². The molecular weight excluding hydrogens is 366 g/mol. The summed E-state index contributed by atoms with van der Waals surface area (Å²) < 4.78 is 0. The number of aromatic nitrogens is 2. The van der Waals surface area contributed by atoms with E-state index in [0.717, 1.165) is 75.4 Å². The third-order valence-electron chi connectivity index (χ3n) is 6.83. The zero-order valence-corrected chi connectivity index (χ0v) is 17.9. The van der Waals surface area contributed by atoms with Gasteiger partial charge in [0.05, 0.1) is 11.7 Å². The van der Waals surface area contributed by atoms with Crippen molar-refractivity contribution in [3.05, 3.63) is 23.3 Å². The minimum absolute atomic E-state index is 0.00334. The predicted molar refractivity (Wildman–Crippen MR) is 110 cm³/mol. The number of carbonyl (C=O) groups is 2. The molecule has 1 aromatic rings. The number of fused-ring (bicyclic) bond motifs is 1. The summed E-state index contributed by atoms with van der Waals surface area (Å²) in [6.45, 7) is 10.2. The molecule has 29 heavy (non-hydrogen) atoms. The maximum atomic E-state index is 13.1. The van der Waals surface area contributed by atoms with Crippen LogP contribution in [-0.4, -0.2) is 68.7 Å². The van der Waals surface area contributed by atoms with Gasteiger partial charge in [-0.05, 0) is 52.6 Å². The van der Waals surface area contributed by atoms with E-state index in [0.29, 0.717) is 18.5 Å². The van der Waals surface area contributed by atoms with Gasteiger partial charge in [-0.2, -0.15) is 0 Å². The molecule has 4 rings (SSSR count). The normalized spacial score (nSPS) is 23.5. The Kier molecular flexibility index (Phi) is 5.86. The SMILES string of the molecule is CC(=O)N1CCCC1c1ncc2c(n1)CCN(C(=O)C1CCN(C(C)C)CC1)C2. The standard InChI is InChI=1S/C22H33N5O2/c1-15(2)25-10-6-17(7-11-25)22(29)26-12-8-19-18(14-26)13-23-21(24-19)20-5-4-9-27(20)16(3)28/h13,15,17,20H,4-12,14H2,1-3H3. The molecule has 0 bridgehead atoms. The molecule has 0 N–H and O–H groups in total. The van der Waals surface area contributed by atoms with Gasteiger partial charge >= 0.3 is 0 Å². The van der Waals surface area contributed by atoms with Crippen LogP contribution >= 0.6 is 0 Å². The Bertz CT molecular complexity index is 772. The van der Waals surface area contributed by atoms with E-state index in [2.05, 4.69) is 23.7 Å². The highest BCUT2D eigenvalue weighted by Crippen LogP contribution is 2.31. The van der Waals surface area contributed by atoms with Crippen LogP contribution in [0.5, 0.6) is 0 Å². The van der Waals surface area contributed by atoms with E-state index < -0.39 is 0 Å². The van der Waals surface area contributed by atoms with Gasteiger partial charge in [0.2, 0.25) is 11.8 Å². The fourth-order valence-electron chi connectivity index (χ4n) is 5.01. The summed E-state index contributed by atoms with van der Waals surface area (Å²) in [7, 11) is 0. The van der Waals surface area contributed by atoms with Crippen LogP contribution in [-0.2, 0) is 22.6 Å². The Morgan fingerprint density at radius 2 is 1.86 bits per heavy atom. The smallest absolute Gasteiger partial charge is 0.226 e. The molecule has 3 aliphatic heterocycles. The van der Waals surface area contributed by atoms with Crippen LogP contribution in [0.2, 0.25) is 0 Å². The number of hydrogen-bond acceptors (Lipinski definition) is 5. The molecule has 158 valence electrons. The lowest BCUT2D eigenvalue weighted by atomic mass is 9.93. The van der Waals surface area contributed by atoms with Gasteiger partial charge in [-0.15, -0.1) is 0 Å². The predicted octanol–water partition coefficient (Wildman–Crippen LogP) is 2.17. The summed E-state index contributed by atoms with van der Waals surface area (Å²) in [5.74, 6) is 1.29. The van der Waals surface area contributed by atoms with Gasteiger partial charge in [-0.3, -0.25) is 9.59 Å². The molecule has 3 aliphatic rings. The Morgan fingerprint density at radius 1 is 1.10 bits per heavy atom. The van der Waals surface area contributed by atoms with Gasteiger partial charge in [-0.1, -0.05) is 0 Å². The van der Waals surface area contributed by atoms with Gasteiger partial charge in [0.25, 0.3) is 0 Å². The lowest BCUT2D eigenvalue weighted by molar-refractivity contribution is -0.138. The van der Waals surface area contributed by atoms with Crippen LogP contribution in [0.4, 0.5) is 0 Å². The topological polar surface area (TPSA) is 69.6 Å². The van der Waals surface area contributed by atoms with E-state index in [-0.39, 0.29) is 17.9 Å². The lowest BCUT2D eigenvalue weighted by Crippen LogP contribution is -2.45. The molecule has 1 aromatic heterocycles. The molecule has 1 unspecified atom stereocenters. The average molecular weight is 400 g/mol. The van der Waals surface area contributed by atoms with Crippen molar-refractivity contribution in [1.29, 1.82) is 0 Å². The van der Waals surface area contributed by atoms with Gasteiger partial charge in [0, 0.05) is 56.7 Å². The molecule has 2 fully saturated rings. The number of likely N-dealkylation sites (tertiary alicyclic amines) is 2. The first-order valence-electron chi connectivity index (χ1n) is 11.1. The zero-order chi connectivity index (χ0) is 20.5. The minimum Gasteiger partial charge on any atom is -0.338 e. The Hall–Kier alpha value is -2.02. The second-order valence-corrected chi connectivity index (χ2v) is 8.98. The highest BCUT2D eigenvalue weighted by molar-refractivity contribution is 5.79. The zero-order valence-electron chi connectivity index (χ0n) is 17.9. The van der Waals surface area contributed by atoms with Crippen molar-refractivity contribution in [3.8, 4) is 0 Å². The van der Waals surface area contributed by atoms with Gasteiger partial charge < -0.3 is 14.7 Å². The molecule has 2 saturated heterocycles. The van der Waals surface area contributed by atoms with Crippen LogP contribution in [0.25, 0.3) is 0 Å². The number of nitrogens with zero attached hydrogens (tertiary/aromatic N) is 5.